The molecule has 0 radical (unpaired) electrons. The van der Waals surface area contributed by atoms with Crippen molar-refractivity contribution in [1.82, 2.24) is 9.62 Å². The summed E-state index contributed by atoms with van der Waals surface area (Å²) in [6.45, 7) is 5.63. The number of ether oxygens (including phenoxy) is 1. The van der Waals surface area contributed by atoms with Crippen LogP contribution in [0.3, 0.4) is 0 Å². The first-order valence-electron chi connectivity index (χ1n) is 7.87. The van der Waals surface area contributed by atoms with E-state index < -0.39 is 10.0 Å². The van der Waals surface area contributed by atoms with Crippen molar-refractivity contribution in [3.63, 3.8) is 0 Å². The summed E-state index contributed by atoms with van der Waals surface area (Å²) in [5, 5.41) is 2.89. The van der Waals surface area contributed by atoms with E-state index in [2.05, 4.69) is 5.32 Å². The fourth-order valence-electron chi connectivity index (χ4n) is 2.29. The van der Waals surface area contributed by atoms with Crippen LogP contribution in [0.4, 0.5) is 0 Å². The van der Waals surface area contributed by atoms with E-state index in [-0.39, 0.29) is 17.7 Å². The standard InChI is InChI=1S/C16H24N2O4S/c1-3-13(2)17-16(19)15-6-4-14(5-7-15)12-23(20,21)18-8-10-22-11-9-18/h4-7,13H,3,8-12H2,1-2H3,(H,17,19)/t13-/m0/s1. The molecule has 1 aliphatic rings. The van der Waals surface area contributed by atoms with Crippen molar-refractivity contribution in [2.75, 3.05) is 26.3 Å². The first-order valence-corrected chi connectivity index (χ1v) is 9.48. The van der Waals surface area contributed by atoms with Crippen molar-refractivity contribution in [2.24, 2.45) is 0 Å². The van der Waals surface area contributed by atoms with Gasteiger partial charge in [-0.05, 0) is 31.0 Å². The average Bonchev–Trinajstić information content (AvgIpc) is 2.55. The number of carbonyl (C=O) groups is 1. The van der Waals surface area contributed by atoms with E-state index in [1.165, 1.54) is 4.31 Å². The molecule has 1 aromatic carbocycles. The lowest BCUT2D eigenvalue weighted by Crippen LogP contribution is -2.41. The Hall–Kier alpha value is -1.44. The van der Waals surface area contributed by atoms with Crippen LogP contribution in [0.25, 0.3) is 0 Å². The molecule has 1 aliphatic heterocycles. The van der Waals surface area contributed by atoms with Gasteiger partial charge >= 0.3 is 0 Å². The minimum Gasteiger partial charge on any atom is -0.379 e. The summed E-state index contributed by atoms with van der Waals surface area (Å²) in [5.74, 6) is -0.192. The van der Waals surface area contributed by atoms with Gasteiger partial charge in [-0.3, -0.25) is 4.79 Å². The zero-order valence-corrected chi connectivity index (χ0v) is 14.4. The van der Waals surface area contributed by atoms with Gasteiger partial charge in [0.2, 0.25) is 10.0 Å². The number of hydrogen-bond donors (Lipinski definition) is 1. The second-order valence-corrected chi connectivity index (χ2v) is 7.72. The third-order valence-electron chi connectivity index (χ3n) is 3.92. The summed E-state index contributed by atoms with van der Waals surface area (Å²) in [5.41, 5.74) is 1.22. The van der Waals surface area contributed by atoms with Crippen molar-refractivity contribution in [3.8, 4) is 0 Å². The summed E-state index contributed by atoms with van der Waals surface area (Å²) < 4.78 is 31.3. The van der Waals surface area contributed by atoms with Crippen LogP contribution >= 0.6 is 0 Å². The van der Waals surface area contributed by atoms with Gasteiger partial charge in [0.15, 0.2) is 0 Å². The Balaban J connectivity index is 2.00. The molecule has 0 bridgehead atoms. The highest BCUT2D eigenvalue weighted by molar-refractivity contribution is 7.88. The molecule has 1 N–H and O–H groups in total. The normalized spacial score (nSPS) is 17.7. The third-order valence-corrected chi connectivity index (χ3v) is 5.77. The molecular formula is C16H24N2O4S. The predicted molar refractivity (Wildman–Crippen MR) is 88.7 cm³/mol. The van der Waals surface area contributed by atoms with Crippen molar-refractivity contribution < 1.29 is 17.9 Å². The molecule has 2 rings (SSSR count). The molecule has 23 heavy (non-hydrogen) atoms. The van der Waals surface area contributed by atoms with Gasteiger partial charge in [-0.2, -0.15) is 4.31 Å². The Morgan fingerprint density at radius 1 is 1.26 bits per heavy atom. The Bertz CT molecular complexity index is 622. The van der Waals surface area contributed by atoms with Crippen LogP contribution in [-0.2, 0) is 20.5 Å². The Kier molecular flexibility index (Phi) is 6.15. The molecule has 1 saturated heterocycles. The molecule has 7 heteroatoms. The van der Waals surface area contributed by atoms with Crippen molar-refractivity contribution >= 4 is 15.9 Å². The highest BCUT2D eigenvalue weighted by Crippen LogP contribution is 2.14. The Labute approximate surface area is 137 Å². The highest BCUT2D eigenvalue weighted by Gasteiger charge is 2.24. The second kappa shape index (κ2) is 7.90. The molecule has 0 aliphatic carbocycles. The zero-order chi connectivity index (χ0) is 16.9. The SMILES string of the molecule is CC[C@H](C)NC(=O)c1ccc(CS(=O)(=O)N2CCOCC2)cc1. The van der Waals surface area contributed by atoms with Crippen LogP contribution in [0.1, 0.15) is 36.2 Å². The van der Waals surface area contributed by atoms with E-state index in [4.69, 9.17) is 4.74 Å². The topological polar surface area (TPSA) is 75.7 Å². The van der Waals surface area contributed by atoms with Crippen LogP contribution in [0.15, 0.2) is 24.3 Å². The van der Waals surface area contributed by atoms with Gasteiger partial charge in [0.05, 0.1) is 19.0 Å². The monoisotopic (exact) mass is 340 g/mol. The van der Waals surface area contributed by atoms with Gasteiger partial charge in [-0.25, -0.2) is 8.42 Å². The molecule has 0 unspecified atom stereocenters. The Morgan fingerprint density at radius 2 is 1.87 bits per heavy atom. The van der Waals surface area contributed by atoms with Gasteiger partial charge < -0.3 is 10.1 Å². The highest BCUT2D eigenvalue weighted by atomic mass is 32.2. The lowest BCUT2D eigenvalue weighted by Gasteiger charge is -2.26. The van der Waals surface area contributed by atoms with Crippen LogP contribution in [0.5, 0.6) is 0 Å². The van der Waals surface area contributed by atoms with E-state index in [9.17, 15) is 13.2 Å². The average molecular weight is 340 g/mol. The van der Waals surface area contributed by atoms with E-state index in [0.717, 1.165) is 6.42 Å². The van der Waals surface area contributed by atoms with Gasteiger partial charge in [-0.1, -0.05) is 19.1 Å². The van der Waals surface area contributed by atoms with Crippen molar-refractivity contribution in [3.05, 3.63) is 35.4 Å². The van der Waals surface area contributed by atoms with Crippen LogP contribution in [-0.4, -0.2) is 51.0 Å². The van der Waals surface area contributed by atoms with Gasteiger partial charge in [0.25, 0.3) is 5.91 Å². The number of carbonyl (C=O) groups excluding carboxylic acids is 1. The molecule has 1 atom stereocenters. The largest absolute Gasteiger partial charge is 0.379 e. The molecule has 0 spiro atoms. The molecule has 1 heterocycles. The maximum atomic E-state index is 12.3. The van der Waals surface area contributed by atoms with E-state index >= 15 is 0 Å². The molecule has 1 fully saturated rings. The van der Waals surface area contributed by atoms with Crippen molar-refractivity contribution in [2.45, 2.75) is 32.1 Å². The quantitative estimate of drug-likeness (QED) is 0.849. The lowest BCUT2D eigenvalue weighted by molar-refractivity contribution is 0.0729. The molecular weight excluding hydrogens is 316 g/mol. The number of nitrogens with zero attached hydrogens (tertiary/aromatic N) is 1. The van der Waals surface area contributed by atoms with Crippen LogP contribution in [0, 0.1) is 0 Å². The molecule has 0 saturated carbocycles. The van der Waals surface area contributed by atoms with E-state index in [0.29, 0.717) is 37.4 Å². The van der Waals surface area contributed by atoms with Gasteiger partial charge in [0.1, 0.15) is 0 Å². The number of benzene rings is 1. The predicted octanol–water partition coefficient (Wildman–Crippen LogP) is 1.38. The number of hydrogen-bond acceptors (Lipinski definition) is 4. The number of rotatable bonds is 6. The minimum absolute atomic E-state index is 0.0553. The summed E-state index contributed by atoms with van der Waals surface area (Å²) in [7, 11) is -3.34. The Morgan fingerprint density at radius 3 is 2.43 bits per heavy atom. The van der Waals surface area contributed by atoms with E-state index in [1.807, 2.05) is 13.8 Å². The molecule has 1 aromatic rings. The zero-order valence-electron chi connectivity index (χ0n) is 13.6. The lowest BCUT2D eigenvalue weighted by atomic mass is 10.1. The second-order valence-electron chi connectivity index (χ2n) is 5.75. The van der Waals surface area contributed by atoms with Gasteiger partial charge in [0, 0.05) is 24.7 Å². The third kappa shape index (κ3) is 5.02. The van der Waals surface area contributed by atoms with Crippen LogP contribution < -0.4 is 5.32 Å². The molecule has 128 valence electrons. The molecule has 6 nitrogen and oxygen atoms in total. The van der Waals surface area contributed by atoms with Crippen molar-refractivity contribution in [1.29, 1.82) is 0 Å². The number of morpholine rings is 1. The summed E-state index contributed by atoms with van der Waals surface area (Å²) in [6, 6.07) is 6.85. The first kappa shape index (κ1) is 17.9. The first-order chi connectivity index (χ1) is 10.9. The summed E-state index contributed by atoms with van der Waals surface area (Å²) in [4.78, 5) is 12.0. The fraction of sp³-hybridized carbons (Fsp3) is 0.562. The molecule has 1 amide bonds. The summed E-state index contributed by atoms with van der Waals surface area (Å²) >= 11 is 0. The van der Waals surface area contributed by atoms with Crippen LogP contribution in [0.2, 0.25) is 0 Å². The number of sulfonamides is 1. The number of nitrogens with one attached hydrogen (secondary N) is 1. The smallest absolute Gasteiger partial charge is 0.251 e. The minimum atomic E-state index is -3.34. The maximum Gasteiger partial charge on any atom is 0.251 e. The van der Waals surface area contributed by atoms with E-state index in [1.54, 1.807) is 24.3 Å². The number of amides is 1. The summed E-state index contributed by atoms with van der Waals surface area (Å²) in [6.07, 6.45) is 0.863. The fourth-order valence-corrected chi connectivity index (χ4v) is 3.79. The maximum absolute atomic E-state index is 12.3. The molecule has 0 aromatic heterocycles. The van der Waals surface area contributed by atoms with Gasteiger partial charge in [-0.15, -0.1) is 0 Å².